The fourth-order valence-electron chi connectivity index (χ4n) is 4.45. The van der Waals surface area contributed by atoms with Crippen molar-refractivity contribution >= 4 is 8.80 Å². The Labute approximate surface area is 202 Å². The second kappa shape index (κ2) is 25.0. The first-order valence-electron chi connectivity index (χ1n) is 13.2. The monoisotopic (exact) mass is 481 g/mol. The van der Waals surface area contributed by atoms with Gasteiger partial charge in [0, 0.05) is 27.8 Å². The van der Waals surface area contributed by atoms with E-state index in [2.05, 4.69) is 19.2 Å². The maximum absolute atomic E-state index is 5.64. The molecule has 0 saturated heterocycles. The predicted molar refractivity (Wildman–Crippen MR) is 132 cm³/mol. The largest absolute Gasteiger partial charge is 1.00 e. The van der Waals surface area contributed by atoms with Gasteiger partial charge >= 0.3 is 8.80 Å². The van der Waals surface area contributed by atoms with Crippen molar-refractivity contribution in [1.29, 1.82) is 0 Å². The highest BCUT2D eigenvalue weighted by molar-refractivity contribution is 6.61. The molecule has 0 bridgehead atoms. The Morgan fingerprint density at radius 2 is 0.871 bits per heavy atom. The van der Waals surface area contributed by atoms with E-state index in [0.29, 0.717) is 5.67 Å². The summed E-state index contributed by atoms with van der Waals surface area (Å²) in [6.45, 7) is 5.62. The second-order valence-electron chi connectivity index (χ2n) is 8.91. The minimum absolute atomic E-state index is 0. The van der Waals surface area contributed by atoms with Gasteiger partial charge in [-0.3, -0.25) is 0 Å². The van der Waals surface area contributed by atoms with Crippen LogP contribution in [0.1, 0.15) is 129 Å². The first-order chi connectivity index (χ1) is 14.7. The fraction of sp³-hybridized carbons (Fsp3) is 1.00. The molecule has 4 nitrogen and oxygen atoms in total. The fourth-order valence-corrected chi connectivity index (χ4v) is 6.82. The number of hydrogen-bond donors (Lipinski definition) is 1. The average molecular weight is 482 g/mol. The zero-order valence-electron chi connectivity index (χ0n) is 21.7. The molecule has 0 radical (unpaired) electrons. The lowest BCUT2D eigenvalue weighted by Crippen LogP contribution is -3.00. The highest BCUT2D eigenvalue weighted by atomic mass is 35.5. The van der Waals surface area contributed by atoms with E-state index in [1.54, 1.807) is 21.3 Å². The van der Waals surface area contributed by atoms with Crippen LogP contribution in [0.4, 0.5) is 0 Å². The van der Waals surface area contributed by atoms with Crippen molar-refractivity contribution in [3.63, 3.8) is 0 Å². The van der Waals surface area contributed by atoms with Crippen LogP contribution >= 0.6 is 0 Å². The number of hydrogen-bond acceptors (Lipinski definition) is 3. The van der Waals surface area contributed by atoms with Crippen LogP contribution in [0, 0.1) is 0 Å². The van der Waals surface area contributed by atoms with Gasteiger partial charge in [0.2, 0.25) is 0 Å². The maximum atomic E-state index is 5.64. The molecule has 0 aromatic carbocycles. The van der Waals surface area contributed by atoms with Crippen LogP contribution in [-0.2, 0) is 13.3 Å². The molecule has 6 heteroatoms. The van der Waals surface area contributed by atoms with Crippen LogP contribution in [0.15, 0.2) is 0 Å². The van der Waals surface area contributed by atoms with Crippen LogP contribution < -0.4 is 17.7 Å². The molecular weight excluding hydrogens is 426 g/mol. The van der Waals surface area contributed by atoms with Gasteiger partial charge in [-0.1, -0.05) is 110 Å². The molecule has 0 rings (SSSR count). The molecular formula is C25H56ClNO3Si. The average Bonchev–Trinajstić information content (AvgIpc) is 2.78. The molecule has 1 unspecified atom stereocenters. The third kappa shape index (κ3) is 17.5. The lowest BCUT2D eigenvalue weighted by atomic mass is 10.0. The minimum atomic E-state index is -2.51. The van der Waals surface area contributed by atoms with Crippen molar-refractivity contribution in [2.75, 3.05) is 27.9 Å². The van der Waals surface area contributed by atoms with Crippen LogP contribution in [0.5, 0.6) is 0 Å². The van der Waals surface area contributed by atoms with Crippen molar-refractivity contribution in [3.8, 4) is 0 Å². The summed E-state index contributed by atoms with van der Waals surface area (Å²) >= 11 is 0. The predicted octanol–water partition coefficient (Wildman–Crippen LogP) is 3.40. The van der Waals surface area contributed by atoms with Gasteiger partial charge in [-0.05, 0) is 12.8 Å². The molecule has 0 heterocycles. The van der Waals surface area contributed by atoms with Gasteiger partial charge < -0.3 is 31.0 Å². The normalized spacial score (nSPS) is 12.7. The molecule has 0 amide bonds. The van der Waals surface area contributed by atoms with Crippen molar-refractivity contribution in [2.24, 2.45) is 0 Å². The van der Waals surface area contributed by atoms with E-state index in [4.69, 9.17) is 13.3 Å². The minimum Gasteiger partial charge on any atom is -1.00 e. The summed E-state index contributed by atoms with van der Waals surface area (Å²) in [7, 11) is 2.63. The summed E-state index contributed by atoms with van der Waals surface area (Å²) in [5.41, 5.74) is 0.304. The van der Waals surface area contributed by atoms with Crippen LogP contribution in [0.2, 0.25) is 0 Å². The molecule has 0 fully saturated rings. The first kappa shape index (κ1) is 33.5. The Morgan fingerprint density at radius 1 is 0.548 bits per heavy atom. The Bertz CT molecular complexity index is 338. The lowest BCUT2D eigenvalue weighted by Gasteiger charge is -2.29. The molecule has 0 aliphatic rings. The zero-order chi connectivity index (χ0) is 22.3. The van der Waals surface area contributed by atoms with Crippen LogP contribution in [-0.4, -0.2) is 42.3 Å². The SMILES string of the molecule is CCCCCCCCCCCCCCCCCCC[NH2+]C(CC)[Si](OC)(OC)OC.[Cl-]. The third-order valence-electron chi connectivity index (χ3n) is 6.51. The van der Waals surface area contributed by atoms with E-state index in [9.17, 15) is 0 Å². The molecule has 31 heavy (non-hydrogen) atoms. The first-order valence-corrected chi connectivity index (χ1v) is 15.0. The van der Waals surface area contributed by atoms with Gasteiger partial charge in [0.05, 0.1) is 6.54 Å². The van der Waals surface area contributed by atoms with Crippen LogP contribution in [0.3, 0.4) is 0 Å². The molecule has 190 valence electrons. The van der Waals surface area contributed by atoms with E-state index < -0.39 is 8.80 Å². The quantitative estimate of drug-likeness (QED) is 0.170. The summed E-state index contributed by atoms with van der Waals surface area (Å²) in [5, 5.41) is 2.38. The molecule has 2 N–H and O–H groups in total. The van der Waals surface area contributed by atoms with Gasteiger partial charge in [0.1, 0.15) is 0 Å². The van der Waals surface area contributed by atoms with E-state index in [1.807, 2.05) is 0 Å². The van der Waals surface area contributed by atoms with Crippen molar-refractivity contribution in [3.05, 3.63) is 0 Å². The molecule has 0 aromatic heterocycles. The van der Waals surface area contributed by atoms with Crippen molar-refractivity contribution in [2.45, 2.75) is 135 Å². The summed E-state index contributed by atoms with van der Waals surface area (Å²) in [4.78, 5) is 0. The standard InChI is InChI=1S/C25H55NO3Si.ClH/c1-6-8-9-10-11-12-13-14-15-16-17-18-19-20-21-22-23-24-26-25(7-2)30(27-3,28-4)29-5;/h25-26H,6-24H2,1-5H3;1H. The Morgan fingerprint density at radius 3 is 1.16 bits per heavy atom. The zero-order valence-corrected chi connectivity index (χ0v) is 23.4. The number of nitrogens with two attached hydrogens (primary N) is 1. The molecule has 0 spiro atoms. The Kier molecular flexibility index (Phi) is 27.0. The molecule has 0 aromatic rings. The number of unbranched alkanes of at least 4 members (excludes halogenated alkanes) is 16. The smallest absolute Gasteiger partial charge is 0.561 e. The van der Waals surface area contributed by atoms with Gasteiger partial charge in [-0.15, -0.1) is 0 Å². The van der Waals surface area contributed by atoms with Gasteiger partial charge in [0.15, 0.2) is 5.67 Å². The van der Waals surface area contributed by atoms with Crippen molar-refractivity contribution in [1.82, 2.24) is 0 Å². The topological polar surface area (TPSA) is 44.3 Å². The van der Waals surface area contributed by atoms with Gasteiger partial charge in [-0.25, -0.2) is 0 Å². The Balaban J connectivity index is 0. The number of quaternary nitrogens is 1. The highest BCUT2D eigenvalue weighted by Crippen LogP contribution is 2.14. The third-order valence-corrected chi connectivity index (χ3v) is 9.77. The second-order valence-corrected chi connectivity index (χ2v) is 12.1. The molecule has 1 atom stereocenters. The highest BCUT2D eigenvalue weighted by Gasteiger charge is 2.49. The van der Waals surface area contributed by atoms with Crippen molar-refractivity contribution < 1.29 is 31.0 Å². The van der Waals surface area contributed by atoms with E-state index in [1.165, 1.54) is 109 Å². The molecule has 0 saturated carbocycles. The van der Waals surface area contributed by atoms with Gasteiger partial charge in [-0.2, -0.15) is 0 Å². The van der Waals surface area contributed by atoms with Gasteiger partial charge in [0.25, 0.3) is 0 Å². The lowest BCUT2D eigenvalue weighted by molar-refractivity contribution is -0.678. The summed E-state index contributed by atoms with van der Waals surface area (Å²) in [6.07, 6.45) is 25.2. The molecule has 0 aliphatic heterocycles. The number of rotatable bonds is 24. The summed E-state index contributed by atoms with van der Waals surface area (Å²) < 4.78 is 16.9. The Hall–Kier alpha value is 0.347. The maximum Gasteiger partial charge on any atom is 0.561 e. The summed E-state index contributed by atoms with van der Waals surface area (Å²) in [5.74, 6) is 0. The van der Waals surface area contributed by atoms with E-state index in [-0.39, 0.29) is 12.4 Å². The summed E-state index contributed by atoms with van der Waals surface area (Å²) in [6, 6.07) is 0. The van der Waals surface area contributed by atoms with E-state index >= 15 is 0 Å². The molecule has 0 aliphatic carbocycles. The van der Waals surface area contributed by atoms with E-state index in [0.717, 1.165) is 13.0 Å². The van der Waals surface area contributed by atoms with Crippen LogP contribution in [0.25, 0.3) is 0 Å². The number of halogens is 1.